The fraction of sp³-hybridized carbons (Fsp3) is 0.500. The van der Waals surface area contributed by atoms with Crippen LogP contribution in [0.3, 0.4) is 0 Å². The Morgan fingerprint density at radius 1 is 1.54 bits per heavy atom. The maximum Gasteiger partial charge on any atom is 0.213 e. The second-order valence-electron chi connectivity index (χ2n) is 3.07. The number of rotatable bonds is 4. The van der Waals surface area contributed by atoms with Crippen LogP contribution in [0.5, 0.6) is 5.88 Å². The number of nitrogens with two attached hydrogens (primary N) is 1. The van der Waals surface area contributed by atoms with Crippen LogP contribution < -0.4 is 10.5 Å². The molecule has 0 aromatic carbocycles. The third-order valence-corrected chi connectivity index (χ3v) is 1.74. The van der Waals surface area contributed by atoms with E-state index in [-0.39, 0.29) is 6.04 Å². The van der Waals surface area contributed by atoms with E-state index >= 15 is 0 Å². The van der Waals surface area contributed by atoms with Crippen molar-refractivity contribution < 1.29 is 4.74 Å². The first kappa shape index (κ1) is 9.99. The maximum absolute atomic E-state index is 5.68. The summed E-state index contributed by atoms with van der Waals surface area (Å²) in [4.78, 5) is 4.14. The minimum atomic E-state index is 0.0349. The summed E-state index contributed by atoms with van der Waals surface area (Å²) in [6, 6.07) is 3.84. The molecule has 1 aromatic heterocycles. The van der Waals surface area contributed by atoms with Gasteiger partial charge in [-0.05, 0) is 18.9 Å². The van der Waals surface area contributed by atoms with Crippen LogP contribution in [0.2, 0.25) is 0 Å². The van der Waals surface area contributed by atoms with E-state index in [4.69, 9.17) is 10.5 Å². The van der Waals surface area contributed by atoms with Crippen LogP contribution in [0.25, 0.3) is 0 Å². The smallest absolute Gasteiger partial charge is 0.213 e. The van der Waals surface area contributed by atoms with Crippen LogP contribution in [0.1, 0.15) is 31.9 Å². The van der Waals surface area contributed by atoms with Gasteiger partial charge in [0.15, 0.2) is 0 Å². The number of hydrogen-bond donors (Lipinski definition) is 1. The van der Waals surface area contributed by atoms with Gasteiger partial charge < -0.3 is 10.5 Å². The molecule has 0 unspecified atom stereocenters. The number of aromatic nitrogens is 1. The Morgan fingerprint density at radius 2 is 2.31 bits per heavy atom. The van der Waals surface area contributed by atoms with Gasteiger partial charge in [0.2, 0.25) is 5.88 Å². The molecule has 2 N–H and O–H groups in total. The van der Waals surface area contributed by atoms with Crippen molar-refractivity contribution >= 4 is 0 Å². The minimum Gasteiger partial charge on any atom is -0.478 e. The van der Waals surface area contributed by atoms with Gasteiger partial charge in [0.1, 0.15) is 0 Å². The molecule has 1 aromatic rings. The van der Waals surface area contributed by atoms with E-state index in [1.165, 1.54) is 0 Å². The van der Waals surface area contributed by atoms with Crippen molar-refractivity contribution in [2.75, 3.05) is 6.61 Å². The SMILES string of the molecule is CCCOc1ccc([C@H](C)N)cn1. The Kier molecular flexibility index (Phi) is 3.71. The van der Waals surface area contributed by atoms with Crippen molar-refractivity contribution in [1.82, 2.24) is 4.98 Å². The molecule has 1 atom stereocenters. The summed E-state index contributed by atoms with van der Waals surface area (Å²) in [6.07, 6.45) is 2.76. The molecule has 0 bridgehead atoms. The first-order valence-electron chi connectivity index (χ1n) is 4.58. The van der Waals surface area contributed by atoms with E-state index in [9.17, 15) is 0 Å². The summed E-state index contributed by atoms with van der Waals surface area (Å²) in [7, 11) is 0. The zero-order valence-electron chi connectivity index (χ0n) is 8.16. The highest BCUT2D eigenvalue weighted by molar-refractivity contribution is 5.19. The molecule has 0 aliphatic carbocycles. The Balaban J connectivity index is 2.59. The van der Waals surface area contributed by atoms with E-state index in [0.717, 1.165) is 12.0 Å². The van der Waals surface area contributed by atoms with Gasteiger partial charge in [-0.2, -0.15) is 0 Å². The third-order valence-electron chi connectivity index (χ3n) is 1.74. The lowest BCUT2D eigenvalue weighted by atomic mass is 10.2. The molecule has 0 amide bonds. The molecule has 3 nitrogen and oxygen atoms in total. The minimum absolute atomic E-state index is 0.0349. The summed E-state index contributed by atoms with van der Waals surface area (Å²) in [5.74, 6) is 0.672. The third kappa shape index (κ3) is 3.03. The molecule has 13 heavy (non-hydrogen) atoms. The molecule has 0 aliphatic heterocycles. The zero-order chi connectivity index (χ0) is 9.68. The average molecular weight is 180 g/mol. The fourth-order valence-corrected chi connectivity index (χ4v) is 0.953. The van der Waals surface area contributed by atoms with Gasteiger partial charge in [-0.15, -0.1) is 0 Å². The first-order chi connectivity index (χ1) is 6.24. The van der Waals surface area contributed by atoms with Gasteiger partial charge in [0, 0.05) is 18.3 Å². The molecular weight excluding hydrogens is 164 g/mol. The molecule has 0 saturated carbocycles. The number of pyridine rings is 1. The van der Waals surface area contributed by atoms with Crippen LogP contribution in [0, 0.1) is 0 Å². The number of hydrogen-bond acceptors (Lipinski definition) is 3. The highest BCUT2D eigenvalue weighted by Gasteiger charge is 1.99. The fourth-order valence-electron chi connectivity index (χ4n) is 0.953. The van der Waals surface area contributed by atoms with Gasteiger partial charge in [0.05, 0.1) is 6.61 Å². The number of nitrogens with zero attached hydrogens (tertiary/aromatic N) is 1. The van der Waals surface area contributed by atoms with Crippen molar-refractivity contribution in [2.24, 2.45) is 5.73 Å². The van der Waals surface area contributed by atoms with Crippen LogP contribution >= 0.6 is 0 Å². The van der Waals surface area contributed by atoms with Crippen LogP contribution in [-0.2, 0) is 0 Å². The monoisotopic (exact) mass is 180 g/mol. The predicted molar refractivity (Wildman–Crippen MR) is 52.6 cm³/mol. The van der Waals surface area contributed by atoms with Gasteiger partial charge >= 0.3 is 0 Å². The van der Waals surface area contributed by atoms with E-state index < -0.39 is 0 Å². The van der Waals surface area contributed by atoms with E-state index in [1.807, 2.05) is 19.1 Å². The molecule has 0 saturated heterocycles. The summed E-state index contributed by atoms with van der Waals surface area (Å²) in [6.45, 7) is 4.71. The first-order valence-corrected chi connectivity index (χ1v) is 4.58. The lowest BCUT2D eigenvalue weighted by Gasteiger charge is -2.06. The molecule has 0 radical (unpaired) electrons. The molecule has 0 spiro atoms. The number of ether oxygens (including phenoxy) is 1. The van der Waals surface area contributed by atoms with E-state index in [1.54, 1.807) is 6.20 Å². The Morgan fingerprint density at radius 3 is 2.77 bits per heavy atom. The molecule has 1 heterocycles. The van der Waals surface area contributed by atoms with Gasteiger partial charge in [-0.3, -0.25) is 0 Å². The summed E-state index contributed by atoms with van der Waals surface area (Å²) in [5, 5.41) is 0. The molecule has 0 fully saturated rings. The van der Waals surface area contributed by atoms with Crippen molar-refractivity contribution in [2.45, 2.75) is 26.3 Å². The van der Waals surface area contributed by atoms with Crippen molar-refractivity contribution in [3.05, 3.63) is 23.9 Å². The quantitative estimate of drug-likeness (QED) is 0.769. The second-order valence-corrected chi connectivity index (χ2v) is 3.07. The molecular formula is C10H16N2O. The Labute approximate surface area is 78.9 Å². The topological polar surface area (TPSA) is 48.1 Å². The van der Waals surface area contributed by atoms with Crippen molar-refractivity contribution in [1.29, 1.82) is 0 Å². The van der Waals surface area contributed by atoms with Gasteiger partial charge in [0.25, 0.3) is 0 Å². The lowest BCUT2D eigenvalue weighted by molar-refractivity contribution is 0.305. The Hall–Kier alpha value is -1.09. The molecule has 0 aliphatic rings. The summed E-state index contributed by atoms with van der Waals surface area (Å²) in [5.41, 5.74) is 6.71. The van der Waals surface area contributed by atoms with E-state index in [2.05, 4.69) is 11.9 Å². The van der Waals surface area contributed by atoms with Crippen molar-refractivity contribution in [3.8, 4) is 5.88 Å². The molecule has 3 heteroatoms. The lowest BCUT2D eigenvalue weighted by Crippen LogP contribution is -2.05. The summed E-state index contributed by atoms with van der Waals surface area (Å²) < 4.78 is 5.34. The molecule has 72 valence electrons. The summed E-state index contributed by atoms with van der Waals surface area (Å²) >= 11 is 0. The predicted octanol–water partition coefficient (Wildman–Crippen LogP) is 1.89. The molecule has 1 rings (SSSR count). The maximum atomic E-state index is 5.68. The second kappa shape index (κ2) is 4.82. The Bertz CT molecular complexity index is 244. The van der Waals surface area contributed by atoms with E-state index in [0.29, 0.717) is 12.5 Å². The van der Waals surface area contributed by atoms with Gasteiger partial charge in [-0.1, -0.05) is 13.0 Å². The highest BCUT2D eigenvalue weighted by atomic mass is 16.5. The van der Waals surface area contributed by atoms with Crippen LogP contribution in [-0.4, -0.2) is 11.6 Å². The van der Waals surface area contributed by atoms with Crippen molar-refractivity contribution in [3.63, 3.8) is 0 Å². The van der Waals surface area contributed by atoms with Gasteiger partial charge in [-0.25, -0.2) is 4.98 Å². The van der Waals surface area contributed by atoms with Crippen LogP contribution in [0.15, 0.2) is 18.3 Å². The highest BCUT2D eigenvalue weighted by Crippen LogP contribution is 2.12. The largest absolute Gasteiger partial charge is 0.478 e. The normalized spacial score (nSPS) is 12.5. The average Bonchev–Trinajstić information content (AvgIpc) is 2.15. The van der Waals surface area contributed by atoms with Crippen LogP contribution in [0.4, 0.5) is 0 Å². The zero-order valence-corrected chi connectivity index (χ0v) is 8.16. The standard InChI is InChI=1S/C10H16N2O/c1-3-6-13-10-5-4-9(7-12-10)8(2)11/h4-5,7-8H,3,6,11H2,1-2H3/t8-/m0/s1.